The summed E-state index contributed by atoms with van der Waals surface area (Å²) in [6.07, 6.45) is 0. The minimum absolute atomic E-state index is 0. The van der Waals surface area contributed by atoms with Gasteiger partial charge in [0.1, 0.15) is 5.36 Å². The monoisotopic (exact) mass is 450 g/mol. The summed E-state index contributed by atoms with van der Waals surface area (Å²) >= 11 is 0. The molecule has 0 aliphatic carbocycles. The summed E-state index contributed by atoms with van der Waals surface area (Å²) in [5.74, 6) is 0. The zero-order valence-corrected chi connectivity index (χ0v) is 19.9. The van der Waals surface area contributed by atoms with E-state index in [9.17, 15) is 18.0 Å². The van der Waals surface area contributed by atoms with Gasteiger partial charge in [-0.05, 0) is 61.9 Å². The maximum atomic E-state index is 12.6. The van der Waals surface area contributed by atoms with Crippen molar-refractivity contribution in [2.45, 2.75) is 18.7 Å². The van der Waals surface area contributed by atoms with E-state index in [0.717, 1.165) is 11.1 Å². The van der Waals surface area contributed by atoms with E-state index in [1.165, 1.54) is 36.4 Å². The molecule has 0 saturated heterocycles. The molecule has 3 aromatic carbocycles. The minimum atomic E-state index is -4.30. The fourth-order valence-corrected chi connectivity index (χ4v) is 3.10. The van der Waals surface area contributed by atoms with Crippen LogP contribution in [0.5, 0.6) is 0 Å². The second kappa shape index (κ2) is 10.1. The number of aryl methyl sites for hydroxylation is 2. The van der Waals surface area contributed by atoms with Crippen molar-refractivity contribution in [1.82, 2.24) is 0 Å². The molecular weight excluding hydrogens is 431 g/mol. The Morgan fingerprint density at radius 1 is 0.903 bits per heavy atom. The van der Waals surface area contributed by atoms with Crippen LogP contribution in [-0.2, 0) is 10.1 Å². The van der Waals surface area contributed by atoms with Crippen LogP contribution in [-0.4, -0.2) is 13.0 Å². The molecule has 0 unspecified atom stereocenters. The molecule has 3 aromatic rings. The number of nitrogens with zero attached hydrogens (tertiary/aromatic N) is 2. The van der Waals surface area contributed by atoms with Crippen LogP contribution in [0.15, 0.2) is 79.3 Å². The average molecular weight is 450 g/mol. The smallest absolute Gasteiger partial charge is 1.00 e. The molecule has 3 N–H and O–H groups in total. The number of hydrogen-bond donors (Lipinski definition) is 3. The van der Waals surface area contributed by atoms with Gasteiger partial charge in [-0.15, -0.1) is 0 Å². The van der Waals surface area contributed by atoms with Crippen LogP contribution in [0.4, 0.5) is 11.4 Å². The van der Waals surface area contributed by atoms with Gasteiger partial charge in [-0.1, -0.05) is 17.7 Å². The van der Waals surface area contributed by atoms with Crippen LogP contribution < -0.4 is 62.0 Å². The number of anilines is 2. The molecule has 0 atom stereocenters. The van der Waals surface area contributed by atoms with Gasteiger partial charge < -0.3 is 1.43 Å². The first kappa shape index (κ1) is 24.6. The minimum Gasteiger partial charge on any atom is -1.00 e. The summed E-state index contributed by atoms with van der Waals surface area (Å²) in [5.41, 5.74) is 7.15. The van der Waals surface area contributed by atoms with Crippen molar-refractivity contribution in [1.29, 1.82) is 0 Å². The topological polar surface area (TPSA) is 137 Å². The van der Waals surface area contributed by atoms with Crippen molar-refractivity contribution >= 4 is 21.5 Å². The molecule has 3 rings (SSSR count). The molecule has 11 heteroatoms. The summed E-state index contributed by atoms with van der Waals surface area (Å²) < 4.78 is 31.1. The summed E-state index contributed by atoms with van der Waals surface area (Å²) in [6.45, 7) is 3.83. The van der Waals surface area contributed by atoms with Crippen molar-refractivity contribution < 1.29 is 44.0 Å². The maximum Gasteiger partial charge on any atom is 1.00 e. The van der Waals surface area contributed by atoms with Gasteiger partial charge in [0.25, 0.3) is 10.1 Å². The van der Waals surface area contributed by atoms with Gasteiger partial charge in [-0.3, -0.25) is 25.0 Å². The van der Waals surface area contributed by atoms with Gasteiger partial charge in [-0.25, -0.2) is 0 Å². The predicted molar refractivity (Wildman–Crippen MR) is 113 cm³/mol. The molecule has 0 spiro atoms. The predicted octanol–water partition coefficient (Wildman–Crippen LogP) is -1.88. The Hall–Kier alpha value is -2.63. The van der Waals surface area contributed by atoms with Crippen molar-refractivity contribution in [3.8, 4) is 0 Å². The number of nitrogens with one attached hydrogen (secondary N) is 2. The molecule has 0 aliphatic rings. The molecule has 0 radical (unpaired) electrons. The van der Waals surface area contributed by atoms with Gasteiger partial charge in [-0.2, -0.15) is 18.6 Å². The quantitative estimate of drug-likeness (QED) is 0.235. The first-order valence-electron chi connectivity index (χ1n) is 8.74. The van der Waals surface area contributed by atoms with Crippen LogP contribution in [0.2, 0.25) is 0 Å². The van der Waals surface area contributed by atoms with E-state index in [0.29, 0.717) is 11.4 Å². The molecule has 0 bridgehead atoms. The van der Waals surface area contributed by atoms with Gasteiger partial charge in [0.2, 0.25) is 10.9 Å². The Morgan fingerprint density at radius 2 is 1.58 bits per heavy atom. The molecule has 0 aliphatic heterocycles. The van der Waals surface area contributed by atoms with E-state index >= 15 is 0 Å². The van der Waals surface area contributed by atoms with Crippen molar-refractivity contribution in [2.75, 3.05) is 10.9 Å². The van der Waals surface area contributed by atoms with E-state index in [4.69, 9.17) is 4.55 Å². The Morgan fingerprint density at radius 3 is 2.19 bits per heavy atom. The standard InChI is InChI=1S/C20H18N4O5S.Na.H/c1-12-3-8-16(13(2)11-12)22-24-19-18(25)10-9-17(20(19)26)23-21-14-4-6-15(7-5-14)30(27,28)29;;/h3-11,21-22H,1-2H3,(H,27,28,29);;/q;+1;-1. The fourth-order valence-electron chi connectivity index (χ4n) is 2.62. The third kappa shape index (κ3) is 6.18. The Labute approximate surface area is 201 Å². The number of benzene rings is 3. The zero-order valence-electron chi connectivity index (χ0n) is 18.1. The van der Waals surface area contributed by atoms with Crippen molar-refractivity contribution in [3.63, 3.8) is 0 Å². The largest absolute Gasteiger partial charge is 1.00 e. The fraction of sp³-hybridized carbons (Fsp3) is 0.100. The van der Waals surface area contributed by atoms with Crippen LogP contribution in [0.1, 0.15) is 12.6 Å². The average Bonchev–Trinajstić information content (AvgIpc) is 2.68. The van der Waals surface area contributed by atoms with Crippen molar-refractivity contribution in [3.05, 3.63) is 96.9 Å². The van der Waals surface area contributed by atoms with Gasteiger partial charge in [0.15, 0.2) is 5.36 Å². The van der Waals surface area contributed by atoms with E-state index in [-0.39, 0.29) is 46.6 Å². The number of rotatable bonds is 5. The van der Waals surface area contributed by atoms with Gasteiger partial charge in [0.05, 0.1) is 16.3 Å². The van der Waals surface area contributed by atoms with E-state index in [1.807, 2.05) is 26.0 Å². The second-order valence-corrected chi connectivity index (χ2v) is 7.95. The summed E-state index contributed by atoms with van der Waals surface area (Å²) in [7, 11) is -4.30. The van der Waals surface area contributed by atoms with Crippen LogP contribution in [0.3, 0.4) is 0 Å². The molecular formula is C20H19N4NaO5S. The van der Waals surface area contributed by atoms with Crippen LogP contribution >= 0.6 is 0 Å². The second-order valence-electron chi connectivity index (χ2n) is 6.53. The third-order valence-corrected chi connectivity index (χ3v) is 5.07. The molecule has 156 valence electrons. The molecule has 0 heterocycles. The van der Waals surface area contributed by atoms with Crippen molar-refractivity contribution in [2.24, 2.45) is 10.2 Å². The Balaban J connectivity index is 0.00000256. The van der Waals surface area contributed by atoms with E-state index in [2.05, 4.69) is 21.1 Å². The number of hydrogen-bond acceptors (Lipinski definition) is 8. The maximum absolute atomic E-state index is 12.6. The van der Waals surface area contributed by atoms with Gasteiger partial charge >= 0.3 is 29.6 Å². The SMILES string of the molecule is Cc1ccc(NN=c2c(=O)ccc(=NNc3ccc(S(=O)(=O)O)cc3)c2=O)c(C)c1.[H-].[Na+]. The molecule has 31 heavy (non-hydrogen) atoms. The van der Waals surface area contributed by atoms with E-state index in [1.54, 1.807) is 6.07 Å². The van der Waals surface area contributed by atoms with Crippen LogP contribution in [0, 0.1) is 13.8 Å². The van der Waals surface area contributed by atoms with Crippen LogP contribution in [0.25, 0.3) is 0 Å². The third-order valence-electron chi connectivity index (χ3n) is 4.20. The first-order chi connectivity index (χ1) is 14.1. The zero-order chi connectivity index (χ0) is 21.9. The first-order valence-corrected chi connectivity index (χ1v) is 10.2. The van der Waals surface area contributed by atoms with Gasteiger partial charge in [0, 0.05) is 0 Å². The summed E-state index contributed by atoms with van der Waals surface area (Å²) in [6, 6.07) is 13.2. The van der Waals surface area contributed by atoms with E-state index < -0.39 is 21.0 Å². The Bertz CT molecular complexity index is 1430. The molecule has 0 amide bonds. The molecule has 0 saturated carbocycles. The molecule has 0 fully saturated rings. The summed E-state index contributed by atoms with van der Waals surface area (Å²) in [5, 5.41) is 7.56. The normalized spacial score (nSPS) is 12.4. The molecule has 9 nitrogen and oxygen atoms in total. The Kier molecular flexibility index (Phi) is 8.04. The summed E-state index contributed by atoms with van der Waals surface area (Å²) in [4.78, 5) is 24.4. The molecule has 0 aromatic heterocycles.